The van der Waals surface area contributed by atoms with Crippen LogP contribution in [-0.2, 0) is 7.05 Å². The summed E-state index contributed by atoms with van der Waals surface area (Å²) in [6.07, 6.45) is 1.68. The molecule has 0 bridgehead atoms. The molecule has 3 aromatic carbocycles. The Morgan fingerprint density at radius 3 is 2.54 bits per heavy atom. The van der Waals surface area contributed by atoms with Crippen molar-refractivity contribution >= 4 is 28.5 Å². The number of nitrogens with two attached hydrogens (primary N) is 2. The van der Waals surface area contributed by atoms with Crippen LogP contribution in [0.4, 0.5) is 5.82 Å². The molecule has 0 saturated heterocycles. The van der Waals surface area contributed by atoms with Gasteiger partial charge in [0.15, 0.2) is 18.7 Å². The third-order valence-corrected chi connectivity index (χ3v) is 5.74. The number of H-pyrrole nitrogens is 1. The molecule has 5 rings (SSSR count). The molecule has 0 aliphatic carbocycles. The maximum Gasteiger partial charge on any atom is 0.248 e. The fourth-order valence-electron chi connectivity index (χ4n) is 4.04. The number of imidazole rings is 1. The van der Waals surface area contributed by atoms with Gasteiger partial charge in [0.25, 0.3) is 0 Å². The lowest BCUT2D eigenvalue weighted by atomic mass is 10.1. The van der Waals surface area contributed by atoms with Crippen LogP contribution in [0, 0.1) is 6.92 Å². The molecule has 9 nitrogen and oxygen atoms in total. The Morgan fingerprint density at radius 2 is 1.80 bits per heavy atom. The fraction of sp³-hybridized carbons (Fsp3) is 0.0769. The third kappa shape index (κ3) is 3.99. The van der Waals surface area contributed by atoms with Crippen LogP contribution >= 0.6 is 0 Å². The summed E-state index contributed by atoms with van der Waals surface area (Å²) in [5.74, 6) is 0.793. The molecule has 174 valence electrons. The van der Waals surface area contributed by atoms with Crippen LogP contribution in [0.2, 0.25) is 0 Å². The molecule has 5 N–H and O–H groups in total. The molecule has 0 aliphatic rings. The van der Waals surface area contributed by atoms with Gasteiger partial charge < -0.3 is 21.2 Å². The summed E-state index contributed by atoms with van der Waals surface area (Å²) in [7, 11) is 1.81. The Labute approximate surface area is 200 Å². The van der Waals surface area contributed by atoms with Gasteiger partial charge in [-0.1, -0.05) is 18.2 Å². The van der Waals surface area contributed by atoms with E-state index in [2.05, 4.69) is 9.97 Å². The molecule has 0 unspecified atom stereocenters. The Bertz CT molecular complexity index is 1580. The van der Waals surface area contributed by atoms with E-state index >= 15 is 0 Å². The number of para-hydroxylation sites is 2. The number of benzene rings is 3. The number of nitrogens with one attached hydrogen (secondary N) is 1. The number of aromatic nitrogens is 4. The van der Waals surface area contributed by atoms with Crippen LogP contribution in [0.15, 0.2) is 72.9 Å². The minimum Gasteiger partial charge on any atom is -0.457 e. The molecule has 2 heterocycles. The number of aromatic amines is 1. The molecule has 35 heavy (non-hydrogen) atoms. The van der Waals surface area contributed by atoms with E-state index in [1.54, 1.807) is 45.9 Å². The van der Waals surface area contributed by atoms with Crippen LogP contribution in [0.3, 0.4) is 0 Å². The van der Waals surface area contributed by atoms with Gasteiger partial charge in [-0.25, -0.2) is 4.98 Å². The average molecular weight is 468 g/mol. The highest BCUT2D eigenvalue weighted by molar-refractivity contribution is 6.10. The van der Waals surface area contributed by atoms with Gasteiger partial charge in [-0.3, -0.25) is 9.59 Å². The molecule has 1 amide bonds. The average Bonchev–Trinajstić information content (AvgIpc) is 3.40. The van der Waals surface area contributed by atoms with Crippen molar-refractivity contribution in [1.82, 2.24) is 14.6 Å². The lowest BCUT2D eigenvalue weighted by Crippen LogP contribution is -2.38. The highest BCUT2D eigenvalue weighted by Gasteiger charge is 2.27. The zero-order valence-corrected chi connectivity index (χ0v) is 19.1. The molecule has 2 aromatic heterocycles. The Kier molecular flexibility index (Phi) is 5.29. The molecule has 0 radical (unpaired) electrons. The van der Waals surface area contributed by atoms with Crippen molar-refractivity contribution in [3.8, 4) is 17.2 Å². The number of fused-ring (bicyclic) bond motifs is 1. The number of ketones is 1. The van der Waals surface area contributed by atoms with Crippen molar-refractivity contribution in [3.63, 3.8) is 0 Å². The van der Waals surface area contributed by atoms with Crippen LogP contribution in [0.25, 0.3) is 16.7 Å². The maximum absolute atomic E-state index is 13.2. The number of rotatable bonds is 6. The van der Waals surface area contributed by atoms with Gasteiger partial charge in [0.1, 0.15) is 22.7 Å². The number of nitrogens with zero attached hydrogens (tertiary/aromatic N) is 3. The van der Waals surface area contributed by atoms with E-state index in [1.165, 1.54) is 0 Å². The number of carbonyl (C=O) groups is 2. The standard InChI is InChI=1S/C26H22N6O3/c1-15-12-18(35-17-7-5-6-16(13-17)25(28)34)10-11-22(15)32-24(27)19(14-31(32)2)23(33)26-29-20-8-3-4-9-21(20)30-26/h3-14,27H,1-2H3,(H3,28,29,30,33,34)/p+1. The quantitative estimate of drug-likeness (QED) is 0.261. The van der Waals surface area contributed by atoms with Gasteiger partial charge >= 0.3 is 0 Å². The van der Waals surface area contributed by atoms with E-state index in [0.717, 1.165) is 16.8 Å². The van der Waals surface area contributed by atoms with Gasteiger partial charge in [-0.15, -0.1) is 9.36 Å². The molecule has 0 fully saturated rings. The summed E-state index contributed by atoms with van der Waals surface area (Å²) in [5, 5.41) is 0. The van der Waals surface area contributed by atoms with E-state index in [4.69, 9.17) is 16.2 Å². The number of ether oxygens (including phenoxy) is 1. The number of carbonyl (C=O) groups excluding carboxylic acids is 2. The molecule has 0 aliphatic heterocycles. The van der Waals surface area contributed by atoms with E-state index in [9.17, 15) is 9.59 Å². The monoisotopic (exact) mass is 467 g/mol. The van der Waals surface area contributed by atoms with Gasteiger partial charge in [-0.2, -0.15) is 0 Å². The summed E-state index contributed by atoms with van der Waals surface area (Å²) in [4.78, 5) is 32.1. The summed E-state index contributed by atoms with van der Waals surface area (Å²) in [6.45, 7) is 1.92. The van der Waals surface area contributed by atoms with Crippen LogP contribution < -0.4 is 20.9 Å². The van der Waals surface area contributed by atoms with Crippen molar-refractivity contribution in [3.05, 3.63) is 95.4 Å². The number of primary amides is 1. The lowest BCUT2D eigenvalue weighted by Gasteiger charge is -2.11. The van der Waals surface area contributed by atoms with Gasteiger partial charge in [-0.05, 0) is 61.0 Å². The Balaban J connectivity index is 1.46. The maximum atomic E-state index is 13.2. The zero-order valence-electron chi connectivity index (χ0n) is 19.1. The number of anilines is 1. The number of aryl methyl sites for hydroxylation is 2. The number of amides is 1. The zero-order chi connectivity index (χ0) is 24.7. The molecule has 0 saturated carbocycles. The van der Waals surface area contributed by atoms with E-state index in [0.29, 0.717) is 34.0 Å². The smallest absolute Gasteiger partial charge is 0.248 e. The largest absolute Gasteiger partial charge is 0.457 e. The highest BCUT2D eigenvalue weighted by Crippen LogP contribution is 2.28. The molecular formula is C26H23N6O3+. The summed E-state index contributed by atoms with van der Waals surface area (Å²) in [5.41, 5.74) is 15.7. The lowest BCUT2D eigenvalue weighted by molar-refractivity contribution is -0.743. The minimum atomic E-state index is -0.523. The molecule has 0 atom stereocenters. The predicted molar refractivity (Wildman–Crippen MR) is 131 cm³/mol. The third-order valence-electron chi connectivity index (χ3n) is 5.74. The van der Waals surface area contributed by atoms with Gasteiger partial charge in [0.05, 0.1) is 11.0 Å². The normalized spacial score (nSPS) is 11.0. The number of hydrogen-bond acceptors (Lipinski definition) is 5. The van der Waals surface area contributed by atoms with Crippen molar-refractivity contribution < 1.29 is 19.0 Å². The van der Waals surface area contributed by atoms with Crippen molar-refractivity contribution in [2.24, 2.45) is 12.8 Å². The second kappa shape index (κ2) is 8.45. The number of nitrogen functional groups attached to an aromatic ring is 1. The SMILES string of the molecule is Cc1cc(Oc2cccc(C(N)=O)c2)ccc1-n1c(N)c(C(=O)c2nc3ccccc3[nH]2)c[n+]1C. The summed E-state index contributed by atoms with van der Waals surface area (Å²) in [6, 6.07) is 19.6. The highest BCUT2D eigenvalue weighted by atomic mass is 16.5. The van der Waals surface area contributed by atoms with E-state index in [1.807, 2.05) is 50.4 Å². The van der Waals surface area contributed by atoms with Crippen molar-refractivity contribution in [2.75, 3.05) is 5.73 Å². The first-order valence-corrected chi connectivity index (χ1v) is 10.9. The fourth-order valence-corrected chi connectivity index (χ4v) is 4.04. The minimum absolute atomic E-state index is 0.231. The first-order valence-electron chi connectivity index (χ1n) is 10.9. The van der Waals surface area contributed by atoms with Crippen LogP contribution in [0.1, 0.15) is 32.1 Å². The second-order valence-corrected chi connectivity index (χ2v) is 8.19. The predicted octanol–water partition coefficient (Wildman–Crippen LogP) is 3.19. The summed E-state index contributed by atoms with van der Waals surface area (Å²) < 4.78 is 9.42. The molecule has 0 spiro atoms. The number of hydrogen-bond donors (Lipinski definition) is 3. The topological polar surface area (TPSA) is 133 Å². The Hall–Kier alpha value is -4.92. The van der Waals surface area contributed by atoms with E-state index in [-0.39, 0.29) is 11.6 Å². The van der Waals surface area contributed by atoms with E-state index < -0.39 is 5.91 Å². The molecular weight excluding hydrogens is 444 g/mol. The van der Waals surface area contributed by atoms with Gasteiger partial charge in [0, 0.05) is 5.56 Å². The second-order valence-electron chi connectivity index (χ2n) is 8.19. The summed E-state index contributed by atoms with van der Waals surface area (Å²) >= 11 is 0. The van der Waals surface area contributed by atoms with Crippen LogP contribution in [0.5, 0.6) is 11.5 Å². The van der Waals surface area contributed by atoms with Crippen molar-refractivity contribution in [2.45, 2.75) is 6.92 Å². The van der Waals surface area contributed by atoms with Crippen LogP contribution in [-0.4, -0.2) is 26.3 Å². The first kappa shape index (κ1) is 21.9. The molecule has 5 aromatic rings. The van der Waals surface area contributed by atoms with Crippen molar-refractivity contribution in [1.29, 1.82) is 0 Å². The van der Waals surface area contributed by atoms with Gasteiger partial charge in [0.2, 0.25) is 17.9 Å². The first-order chi connectivity index (χ1) is 16.8. The molecule has 9 heteroatoms. The Morgan fingerprint density at radius 1 is 1.03 bits per heavy atom.